The van der Waals surface area contributed by atoms with Gasteiger partial charge < -0.3 is 20.5 Å². The zero-order valence-corrected chi connectivity index (χ0v) is 16.3. The Kier molecular flexibility index (Phi) is 6.01. The molecule has 8 heteroatoms. The minimum atomic E-state index is -1.01. The molecule has 0 bridgehead atoms. The molecule has 2 aromatic rings. The average molecular weight is 397 g/mol. The lowest BCUT2D eigenvalue weighted by Crippen LogP contribution is -2.31. The van der Waals surface area contributed by atoms with Crippen molar-refractivity contribution in [2.24, 2.45) is 0 Å². The summed E-state index contributed by atoms with van der Waals surface area (Å²) in [6.07, 6.45) is -0.242. The van der Waals surface area contributed by atoms with Gasteiger partial charge in [0.25, 0.3) is 5.91 Å². The summed E-state index contributed by atoms with van der Waals surface area (Å²) in [6.45, 7) is 2.84. The van der Waals surface area contributed by atoms with Crippen molar-refractivity contribution in [1.29, 1.82) is 0 Å². The molecule has 29 heavy (non-hydrogen) atoms. The van der Waals surface area contributed by atoms with E-state index in [-0.39, 0.29) is 12.5 Å². The van der Waals surface area contributed by atoms with E-state index in [0.29, 0.717) is 30.1 Å². The maximum absolute atomic E-state index is 12.9. The molecule has 1 saturated heterocycles. The first-order valence-corrected chi connectivity index (χ1v) is 9.22. The van der Waals surface area contributed by atoms with Crippen molar-refractivity contribution in [2.45, 2.75) is 19.4 Å². The number of carbonyl (C=O) groups is 3. The van der Waals surface area contributed by atoms with E-state index in [1.54, 1.807) is 30.3 Å². The number of hydrogen-bond donors (Lipinski definition) is 3. The molecule has 1 atom stereocenters. The summed E-state index contributed by atoms with van der Waals surface area (Å²) in [6, 6.07) is 11.2. The summed E-state index contributed by atoms with van der Waals surface area (Å²) in [4.78, 5) is 37.8. The fraction of sp³-hybridized carbons (Fsp3) is 0.286. The molecule has 3 rings (SSSR count). The van der Waals surface area contributed by atoms with Crippen LogP contribution in [0.1, 0.15) is 33.9 Å². The summed E-state index contributed by atoms with van der Waals surface area (Å²) in [5, 5.41) is 14.8. The van der Waals surface area contributed by atoms with Gasteiger partial charge in [-0.25, -0.2) is 4.79 Å². The first-order chi connectivity index (χ1) is 13.9. The Morgan fingerprint density at radius 1 is 1.28 bits per heavy atom. The number of urea groups is 1. The Balaban J connectivity index is 1.89. The van der Waals surface area contributed by atoms with Gasteiger partial charge in [0.05, 0.1) is 25.3 Å². The van der Waals surface area contributed by atoms with E-state index in [2.05, 4.69) is 10.6 Å². The summed E-state index contributed by atoms with van der Waals surface area (Å²) < 4.78 is 5.33. The standard InChI is InChI=1S/C21H23N3O5/c1-13-5-3-4-6-15(13)16(12-19(25)26)23-20(27)14-7-8-18(29-2)17(11-14)24-10-9-22-21(24)28/h3-8,11,16H,9-10,12H2,1-2H3,(H,22,28)(H,23,27)(H,25,26). The van der Waals surface area contributed by atoms with Crippen LogP contribution in [0.15, 0.2) is 42.5 Å². The number of anilines is 1. The van der Waals surface area contributed by atoms with Gasteiger partial charge in [0.15, 0.2) is 0 Å². The zero-order valence-electron chi connectivity index (χ0n) is 16.3. The van der Waals surface area contributed by atoms with E-state index >= 15 is 0 Å². The van der Waals surface area contributed by atoms with Crippen LogP contribution in [0.4, 0.5) is 10.5 Å². The predicted molar refractivity (Wildman–Crippen MR) is 107 cm³/mol. The highest BCUT2D eigenvalue weighted by Gasteiger charge is 2.26. The molecule has 1 fully saturated rings. The number of aliphatic carboxylic acids is 1. The van der Waals surface area contributed by atoms with Crippen molar-refractivity contribution in [3.8, 4) is 5.75 Å². The van der Waals surface area contributed by atoms with Crippen molar-refractivity contribution in [1.82, 2.24) is 10.6 Å². The van der Waals surface area contributed by atoms with Crippen LogP contribution in [-0.2, 0) is 4.79 Å². The molecule has 0 saturated carbocycles. The van der Waals surface area contributed by atoms with E-state index in [9.17, 15) is 19.5 Å². The first-order valence-electron chi connectivity index (χ1n) is 9.22. The van der Waals surface area contributed by atoms with Crippen LogP contribution in [0, 0.1) is 6.92 Å². The Morgan fingerprint density at radius 3 is 2.66 bits per heavy atom. The van der Waals surface area contributed by atoms with Crippen molar-refractivity contribution in [3.63, 3.8) is 0 Å². The van der Waals surface area contributed by atoms with E-state index in [0.717, 1.165) is 11.1 Å². The van der Waals surface area contributed by atoms with Gasteiger partial charge in [0.1, 0.15) is 5.75 Å². The smallest absolute Gasteiger partial charge is 0.322 e. The quantitative estimate of drug-likeness (QED) is 0.665. The molecule has 1 heterocycles. The number of nitrogens with one attached hydrogen (secondary N) is 2. The SMILES string of the molecule is COc1ccc(C(=O)NC(CC(=O)O)c2ccccc2C)cc1N1CCNC1=O. The highest BCUT2D eigenvalue weighted by atomic mass is 16.5. The van der Waals surface area contributed by atoms with Crippen LogP contribution in [0.5, 0.6) is 5.75 Å². The van der Waals surface area contributed by atoms with Gasteiger partial charge in [-0.15, -0.1) is 0 Å². The van der Waals surface area contributed by atoms with Crippen molar-refractivity contribution < 1.29 is 24.2 Å². The molecule has 1 aliphatic heterocycles. The van der Waals surface area contributed by atoms with Gasteiger partial charge in [0.2, 0.25) is 0 Å². The first kappa shape index (κ1) is 20.2. The van der Waals surface area contributed by atoms with Gasteiger partial charge in [-0.05, 0) is 36.2 Å². The summed E-state index contributed by atoms with van der Waals surface area (Å²) in [5.74, 6) is -0.967. The fourth-order valence-electron chi connectivity index (χ4n) is 3.38. The second-order valence-corrected chi connectivity index (χ2v) is 6.75. The number of methoxy groups -OCH3 is 1. The Hall–Kier alpha value is -3.55. The molecule has 3 amide bonds. The average Bonchev–Trinajstić information content (AvgIpc) is 3.12. The number of amides is 3. The summed E-state index contributed by atoms with van der Waals surface area (Å²) in [5.41, 5.74) is 2.43. The molecule has 1 unspecified atom stereocenters. The van der Waals surface area contributed by atoms with Gasteiger partial charge in [-0.3, -0.25) is 14.5 Å². The van der Waals surface area contributed by atoms with E-state index in [1.165, 1.54) is 12.0 Å². The van der Waals surface area contributed by atoms with Crippen LogP contribution in [-0.4, -0.2) is 43.2 Å². The van der Waals surface area contributed by atoms with Crippen molar-refractivity contribution in [2.75, 3.05) is 25.1 Å². The third kappa shape index (κ3) is 4.48. The molecular weight excluding hydrogens is 374 g/mol. The normalized spacial score (nSPS) is 14.3. The molecule has 3 N–H and O–H groups in total. The lowest BCUT2D eigenvalue weighted by Gasteiger charge is -2.21. The molecule has 8 nitrogen and oxygen atoms in total. The minimum absolute atomic E-state index is 0.242. The summed E-state index contributed by atoms with van der Waals surface area (Å²) >= 11 is 0. The maximum atomic E-state index is 12.9. The Morgan fingerprint density at radius 2 is 2.03 bits per heavy atom. The third-order valence-corrected chi connectivity index (χ3v) is 4.84. The van der Waals surface area contributed by atoms with Crippen molar-refractivity contribution >= 4 is 23.6 Å². The van der Waals surface area contributed by atoms with Crippen LogP contribution in [0.3, 0.4) is 0 Å². The molecule has 152 valence electrons. The molecule has 1 aliphatic rings. The summed E-state index contributed by atoms with van der Waals surface area (Å²) in [7, 11) is 1.49. The third-order valence-electron chi connectivity index (χ3n) is 4.84. The number of carboxylic acids is 1. The second kappa shape index (κ2) is 8.64. The van der Waals surface area contributed by atoms with Gasteiger partial charge >= 0.3 is 12.0 Å². The predicted octanol–water partition coefficient (Wildman–Crippen LogP) is 2.48. The van der Waals surface area contributed by atoms with Crippen LogP contribution in [0.25, 0.3) is 0 Å². The number of carbonyl (C=O) groups excluding carboxylic acids is 2. The number of carboxylic acid groups (broad SMARTS) is 1. The number of benzene rings is 2. The van der Waals surface area contributed by atoms with Gasteiger partial charge in [0, 0.05) is 18.7 Å². The minimum Gasteiger partial charge on any atom is -0.495 e. The number of nitrogens with zero attached hydrogens (tertiary/aromatic N) is 1. The lowest BCUT2D eigenvalue weighted by atomic mass is 9.98. The lowest BCUT2D eigenvalue weighted by molar-refractivity contribution is -0.137. The maximum Gasteiger partial charge on any atom is 0.322 e. The highest BCUT2D eigenvalue weighted by Crippen LogP contribution is 2.31. The monoisotopic (exact) mass is 397 g/mol. The van der Waals surface area contributed by atoms with E-state index < -0.39 is 17.9 Å². The van der Waals surface area contributed by atoms with E-state index in [1.807, 2.05) is 19.1 Å². The molecule has 0 spiro atoms. The molecule has 0 radical (unpaired) electrons. The van der Waals surface area contributed by atoms with Crippen LogP contribution in [0.2, 0.25) is 0 Å². The number of aryl methyl sites for hydroxylation is 1. The van der Waals surface area contributed by atoms with Crippen molar-refractivity contribution in [3.05, 3.63) is 59.2 Å². The Bertz CT molecular complexity index is 944. The number of ether oxygens (including phenoxy) is 1. The molecular formula is C21H23N3O5. The van der Waals surface area contributed by atoms with E-state index in [4.69, 9.17) is 4.74 Å². The fourth-order valence-corrected chi connectivity index (χ4v) is 3.38. The highest BCUT2D eigenvalue weighted by molar-refractivity contribution is 6.00. The van der Waals surface area contributed by atoms with Crippen LogP contribution >= 0.6 is 0 Å². The largest absolute Gasteiger partial charge is 0.495 e. The molecule has 2 aromatic carbocycles. The second-order valence-electron chi connectivity index (χ2n) is 6.75. The Labute approximate surface area is 168 Å². The number of hydrogen-bond acceptors (Lipinski definition) is 4. The number of rotatable bonds is 7. The zero-order chi connectivity index (χ0) is 21.0. The van der Waals surface area contributed by atoms with Gasteiger partial charge in [-0.2, -0.15) is 0 Å². The molecule has 0 aliphatic carbocycles. The topological polar surface area (TPSA) is 108 Å². The van der Waals surface area contributed by atoms with Crippen LogP contribution < -0.4 is 20.3 Å². The van der Waals surface area contributed by atoms with Gasteiger partial charge in [-0.1, -0.05) is 24.3 Å². The molecule has 0 aromatic heterocycles.